The molecule has 2 rings (SSSR count). The van der Waals surface area contributed by atoms with Crippen LogP contribution in [0.2, 0.25) is 0 Å². The Kier molecular flexibility index (Phi) is 3.96. The first kappa shape index (κ1) is 13.8. The van der Waals surface area contributed by atoms with E-state index in [1.54, 1.807) is 0 Å². The SMILES string of the molecule is C[C@H](C(=O)N[C@@H]1CCN2CCCC[C@@H]12)S(C)(=O)=O. The van der Waals surface area contributed by atoms with Crippen molar-refractivity contribution in [2.24, 2.45) is 0 Å². The molecule has 1 N–H and O–H groups in total. The molecule has 2 saturated heterocycles. The maximum Gasteiger partial charge on any atom is 0.238 e. The number of piperidine rings is 1. The van der Waals surface area contributed by atoms with Gasteiger partial charge >= 0.3 is 0 Å². The quantitative estimate of drug-likeness (QED) is 0.796. The minimum Gasteiger partial charge on any atom is -0.351 e. The third kappa shape index (κ3) is 2.85. The van der Waals surface area contributed by atoms with Crippen LogP contribution in [0.1, 0.15) is 32.6 Å². The van der Waals surface area contributed by atoms with Crippen LogP contribution < -0.4 is 5.32 Å². The largest absolute Gasteiger partial charge is 0.351 e. The fourth-order valence-corrected chi connectivity index (χ4v) is 3.37. The van der Waals surface area contributed by atoms with Crippen molar-refractivity contribution in [1.82, 2.24) is 10.2 Å². The number of sulfone groups is 1. The van der Waals surface area contributed by atoms with E-state index in [9.17, 15) is 13.2 Å². The number of nitrogens with one attached hydrogen (secondary N) is 1. The van der Waals surface area contributed by atoms with Crippen LogP contribution in [0.15, 0.2) is 0 Å². The summed E-state index contributed by atoms with van der Waals surface area (Å²) >= 11 is 0. The molecule has 0 bridgehead atoms. The number of fused-ring (bicyclic) bond motifs is 1. The molecule has 0 saturated carbocycles. The lowest BCUT2D eigenvalue weighted by Gasteiger charge is -2.32. The van der Waals surface area contributed by atoms with Crippen LogP contribution >= 0.6 is 0 Å². The minimum absolute atomic E-state index is 0.127. The predicted molar refractivity (Wildman–Crippen MR) is 70.1 cm³/mol. The lowest BCUT2D eigenvalue weighted by molar-refractivity contribution is -0.121. The summed E-state index contributed by atoms with van der Waals surface area (Å²) in [6.07, 6.45) is 5.59. The van der Waals surface area contributed by atoms with Crippen molar-refractivity contribution >= 4 is 15.7 Å². The smallest absolute Gasteiger partial charge is 0.238 e. The van der Waals surface area contributed by atoms with Crippen molar-refractivity contribution in [3.05, 3.63) is 0 Å². The molecule has 0 spiro atoms. The molecule has 0 aromatic carbocycles. The van der Waals surface area contributed by atoms with E-state index in [-0.39, 0.29) is 11.9 Å². The second-order valence-electron chi connectivity index (χ2n) is 5.47. The number of carbonyl (C=O) groups excluding carboxylic acids is 1. The molecule has 2 heterocycles. The molecule has 2 fully saturated rings. The van der Waals surface area contributed by atoms with E-state index < -0.39 is 15.1 Å². The van der Waals surface area contributed by atoms with Crippen LogP contribution in [0.5, 0.6) is 0 Å². The number of hydrogen-bond donors (Lipinski definition) is 1. The highest BCUT2D eigenvalue weighted by Crippen LogP contribution is 2.27. The first-order valence-electron chi connectivity index (χ1n) is 6.63. The molecule has 0 unspecified atom stereocenters. The Hall–Kier alpha value is -0.620. The number of carbonyl (C=O) groups is 1. The van der Waals surface area contributed by atoms with Crippen LogP contribution in [0.3, 0.4) is 0 Å². The molecular weight excluding hydrogens is 252 g/mol. The maximum absolute atomic E-state index is 11.9. The zero-order valence-electron chi connectivity index (χ0n) is 11.1. The van der Waals surface area contributed by atoms with Crippen LogP contribution in [-0.2, 0) is 14.6 Å². The molecular formula is C12H22N2O3S. The summed E-state index contributed by atoms with van der Waals surface area (Å²) in [4.78, 5) is 14.3. The Bertz CT molecular complexity index is 421. The molecule has 18 heavy (non-hydrogen) atoms. The summed E-state index contributed by atoms with van der Waals surface area (Å²) in [6.45, 7) is 3.58. The van der Waals surface area contributed by atoms with E-state index in [2.05, 4.69) is 10.2 Å². The molecule has 1 amide bonds. The van der Waals surface area contributed by atoms with Gasteiger partial charge in [-0.3, -0.25) is 9.69 Å². The topological polar surface area (TPSA) is 66.5 Å². The Morgan fingerprint density at radius 2 is 2.00 bits per heavy atom. The third-order valence-electron chi connectivity index (χ3n) is 4.20. The normalized spacial score (nSPS) is 30.8. The molecule has 6 heteroatoms. The summed E-state index contributed by atoms with van der Waals surface area (Å²) in [5.74, 6) is -0.352. The van der Waals surface area contributed by atoms with E-state index >= 15 is 0 Å². The highest BCUT2D eigenvalue weighted by atomic mass is 32.2. The summed E-state index contributed by atoms with van der Waals surface area (Å²) in [5, 5.41) is 1.98. The van der Waals surface area contributed by atoms with Gasteiger partial charge in [-0.1, -0.05) is 6.42 Å². The Labute approximate surface area is 109 Å². The zero-order valence-corrected chi connectivity index (χ0v) is 11.9. The van der Waals surface area contributed by atoms with Crippen molar-refractivity contribution in [1.29, 1.82) is 0 Å². The number of amides is 1. The lowest BCUT2D eigenvalue weighted by Crippen LogP contribution is -2.50. The zero-order chi connectivity index (χ0) is 13.3. The van der Waals surface area contributed by atoms with E-state index in [1.165, 1.54) is 19.8 Å². The van der Waals surface area contributed by atoms with Crippen molar-refractivity contribution < 1.29 is 13.2 Å². The molecule has 104 valence electrons. The fourth-order valence-electron chi connectivity index (χ4n) is 2.91. The average molecular weight is 274 g/mol. The van der Waals surface area contributed by atoms with E-state index in [1.807, 2.05) is 0 Å². The average Bonchev–Trinajstić information content (AvgIpc) is 2.70. The second-order valence-corrected chi connectivity index (χ2v) is 7.84. The van der Waals surface area contributed by atoms with E-state index in [4.69, 9.17) is 0 Å². The van der Waals surface area contributed by atoms with Gasteiger partial charge in [0.15, 0.2) is 9.84 Å². The monoisotopic (exact) mass is 274 g/mol. The van der Waals surface area contributed by atoms with Gasteiger partial charge in [-0.05, 0) is 32.7 Å². The van der Waals surface area contributed by atoms with Crippen molar-refractivity contribution in [2.75, 3.05) is 19.3 Å². The van der Waals surface area contributed by atoms with E-state index in [0.717, 1.165) is 32.2 Å². The molecule has 0 aromatic rings. The molecule has 5 nitrogen and oxygen atoms in total. The summed E-state index contributed by atoms with van der Waals surface area (Å²) in [7, 11) is -3.30. The van der Waals surface area contributed by atoms with Crippen molar-refractivity contribution in [2.45, 2.75) is 49.9 Å². The molecule has 2 aliphatic heterocycles. The van der Waals surface area contributed by atoms with Crippen LogP contribution in [0.4, 0.5) is 0 Å². The van der Waals surface area contributed by atoms with Crippen LogP contribution in [0.25, 0.3) is 0 Å². The number of rotatable bonds is 3. The highest BCUT2D eigenvalue weighted by molar-refractivity contribution is 7.92. The summed E-state index contributed by atoms with van der Waals surface area (Å²) in [6, 6.07) is 0.538. The van der Waals surface area contributed by atoms with Gasteiger partial charge in [0.25, 0.3) is 0 Å². The fraction of sp³-hybridized carbons (Fsp3) is 0.917. The van der Waals surface area contributed by atoms with Gasteiger partial charge in [0.1, 0.15) is 5.25 Å². The Morgan fingerprint density at radius 1 is 1.28 bits per heavy atom. The van der Waals surface area contributed by atoms with Gasteiger partial charge in [0, 0.05) is 24.9 Å². The molecule has 0 aliphatic carbocycles. The van der Waals surface area contributed by atoms with Gasteiger partial charge in [-0.15, -0.1) is 0 Å². The summed E-state index contributed by atoms with van der Waals surface area (Å²) < 4.78 is 22.7. The molecule has 2 aliphatic rings. The number of hydrogen-bond acceptors (Lipinski definition) is 4. The summed E-state index contributed by atoms with van der Waals surface area (Å²) in [5.41, 5.74) is 0. The molecule has 3 atom stereocenters. The second kappa shape index (κ2) is 5.17. The van der Waals surface area contributed by atoms with Crippen molar-refractivity contribution in [3.8, 4) is 0 Å². The van der Waals surface area contributed by atoms with Crippen LogP contribution in [0, 0.1) is 0 Å². The van der Waals surface area contributed by atoms with Gasteiger partial charge in [-0.25, -0.2) is 8.42 Å². The molecule has 0 aromatic heterocycles. The van der Waals surface area contributed by atoms with E-state index in [0.29, 0.717) is 6.04 Å². The number of nitrogens with zero attached hydrogens (tertiary/aromatic N) is 1. The lowest BCUT2D eigenvalue weighted by atomic mass is 9.99. The maximum atomic E-state index is 11.9. The minimum atomic E-state index is -3.30. The first-order chi connectivity index (χ1) is 8.39. The standard InChI is InChI=1S/C12H22N2O3S/c1-9(18(2,16)17)12(15)13-10-6-8-14-7-4-3-5-11(10)14/h9-11H,3-8H2,1-2H3,(H,13,15)/t9-,10-,11+/m1/s1. The van der Waals surface area contributed by atoms with Crippen molar-refractivity contribution in [3.63, 3.8) is 0 Å². The van der Waals surface area contributed by atoms with Crippen LogP contribution in [-0.4, -0.2) is 55.9 Å². The van der Waals surface area contributed by atoms with Gasteiger partial charge in [-0.2, -0.15) is 0 Å². The van der Waals surface area contributed by atoms with Gasteiger partial charge in [0.2, 0.25) is 5.91 Å². The first-order valence-corrected chi connectivity index (χ1v) is 8.58. The third-order valence-corrected chi connectivity index (χ3v) is 5.69. The van der Waals surface area contributed by atoms with Gasteiger partial charge in [0.05, 0.1) is 0 Å². The van der Waals surface area contributed by atoms with Gasteiger partial charge < -0.3 is 5.32 Å². The Morgan fingerprint density at radius 3 is 2.67 bits per heavy atom. The Balaban J connectivity index is 1.96. The predicted octanol–water partition coefficient (Wildman–Crippen LogP) is 0.163. The highest BCUT2D eigenvalue weighted by Gasteiger charge is 2.37. The molecule has 0 radical (unpaired) electrons.